The van der Waals surface area contributed by atoms with Gasteiger partial charge in [0.25, 0.3) is 0 Å². The van der Waals surface area contributed by atoms with E-state index in [0.29, 0.717) is 5.54 Å². The van der Waals surface area contributed by atoms with Crippen molar-refractivity contribution in [3.8, 4) is 0 Å². The van der Waals surface area contributed by atoms with E-state index >= 15 is 0 Å². The van der Waals surface area contributed by atoms with Gasteiger partial charge in [0.2, 0.25) is 0 Å². The van der Waals surface area contributed by atoms with Crippen LogP contribution in [-0.2, 0) is 0 Å². The minimum absolute atomic E-state index is 0.659. The number of nitrogens with zero attached hydrogens (tertiary/aromatic N) is 1. The number of rotatable bonds is 4. The summed E-state index contributed by atoms with van der Waals surface area (Å²) >= 11 is 0. The van der Waals surface area contributed by atoms with Crippen LogP contribution in [0.3, 0.4) is 0 Å². The van der Waals surface area contributed by atoms with Crippen LogP contribution >= 0.6 is 0 Å². The van der Waals surface area contributed by atoms with E-state index in [1.807, 2.05) is 0 Å². The molecule has 0 spiro atoms. The highest BCUT2D eigenvalue weighted by Crippen LogP contribution is 2.58. The second-order valence-electron chi connectivity index (χ2n) is 8.17. The Kier molecular flexibility index (Phi) is 3.15. The molecule has 0 radical (unpaired) electrons. The highest BCUT2D eigenvalue weighted by Gasteiger charge is 2.54. The summed E-state index contributed by atoms with van der Waals surface area (Å²) in [5.74, 6) is 4.23. The summed E-state index contributed by atoms with van der Waals surface area (Å²) < 4.78 is 0. The topological polar surface area (TPSA) is 29.3 Å². The lowest BCUT2D eigenvalue weighted by molar-refractivity contribution is -0.0815. The van der Waals surface area contributed by atoms with Crippen molar-refractivity contribution in [1.82, 2.24) is 4.90 Å². The van der Waals surface area contributed by atoms with Crippen LogP contribution in [-0.4, -0.2) is 30.1 Å². The molecule has 0 amide bonds. The minimum Gasteiger partial charge on any atom is -0.330 e. The van der Waals surface area contributed by atoms with Crippen molar-refractivity contribution in [2.45, 2.75) is 63.3 Å². The van der Waals surface area contributed by atoms with E-state index in [-0.39, 0.29) is 0 Å². The van der Waals surface area contributed by atoms with Gasteiger partial charge in [-0.05, 0) is 94.5 Å². The lowest BCUT2D eigenvalue weighted by Gasteiger charge is -2.60. The van der Waals surface area contributed by atoms with Crippen molar-refractivity contribution in [3.63, 3.8) is 0 Å². The molecule has 2 heteroatoms. The first kappa shape index (κ1) is 12.6. The van der Waals surface area contributed by atoms with Gasteiger partial charge in [0, 0.05) is 12.1 Å². The lowest BCUT2D eigenvalue weighted by Crippen LogP contribution is -2.59. The van der Waals surface area contributed by atoms with Gasteiger partial charge in [0.15, 0.2) is 0 Å². The van der Waals surface area contributed by atoms with Crippen LogP contribution in [0.4, 0.5) is 0 Å². The molecular formula is C17H30N2. The normalized spacial score (nSPS) is 49.1. The van der Waals surface area contributed by atoms with Crippen molar-refractivity contribution < 1.29 is 0 Å². The fourth-order valence-electron chi connectivity index (χ4n) is 6.36. The number of hydrogen-bond acceptors (Lipinski definition) is 2. The van der Waals surface area contributed by atoms with Gasteiger partial charge in [-0.25, -0.2) is 0 Å². The molecule has 19 heavy (non-hydrogen) atoms. The Morgan fingerprint density at radius 3 is 2.21 bits per heavy atom. The zero-order valence-corrected chi connectivity index (χ0v) is 12.3. The van der Waals surface area contributed by atoms with Crippen molar-refractivity contribution in [2.24, 2.45) is 29.4 Å². The first-order valence-electron chi connectivity index (χ1n) is 8.72. The third-order valence-corrected chi connectivity index (χ3v) is 6.78. The molecule has 2 nitrogen and oxygen atoms in total. The van der Waals surface area contributed by atoms with Crippen LogP contribution in [0, 0.1) is 23.7 Å². The zero-order valence-electron chi connectivity index (χ0n) is 12.3. The summed E-state index contributed by atoms with van der Waals surface area (Å²) in [4.78, 5) is 2.94. The molecule has 0 aromatic carbocycles. The number of hydrogen-bond donors (Lipinski definition) is 1. The molecular weight excluding hydrogens is 232 g/mol. The number of nitrogens with two attached hydrogens (primary N) is 1. The van der Waals surface area contributed by atoms with E-state index in [2.05, 4.69) is 4.90 Å². The van der Waals surface area contributed by atoms with Gasteiger partial charge < -0.3 is 5.73 Å². The molecule has 1 aliphatic heterocycles. The summed E-state index contributed by atoms with van der Waals surface area (Å²) in [7, 11) is 0. The SMILES string of the molecule is NCCCC1CCN(C23CC4CC(CC(C4)C2)C3)C1. The third kappa shape index (κ3) is 2.15. The van der Waals surface area contributed by atoms with Gasteiger partial charge >= 0.3 is 0 Å². The molecule has 108 valence electrons. The molecule has 2 N–H and O–H groups in total. The maximum Gasteiger partial charge on any atom is 0.0217 e. The summed E-state index contributed by atoms with van der Waals surface area (Å²) in [6.45, 7) is 3.67. The van der Waals surface area contributed by atoms with Gasteiger partial charge in [-0.2, -0.15) is 0 Å². The molecule has 4 bridgehead atoms. The molecule has 0 aromatic rings. The van der Waals surface area contributed by atoms with Crippen LogP contribution < -0.4 is 5.73 Å². The van der Waals surface area contributed by atoms with Gasteiger partial charge in [-0.3, -0.25) is 4.90 Å². The van der Waals surface area contributed by atoms with Gasteiger partial charge in [0.05, 0.1) is 0 Å². The minimum atomic E-state index is 0.659. The molecule has 0 aromatic heterocycles. The smallest absolute Gasteiger partial charge is 0.0217 e. The zero-order chi connectivity index (χ0) is 12.9. The quantitative estimate of drug-likeness (QED) is 0.844. The van der Waals surface area contributed by atoms with E-state index < -0.39 is 0 Å². The van der Waals surface area contributed by atoms with E-state index in [4.69, 9.17) is 5.73 Å². The van der Waals surface area contributed by atoms with E-state index in [1.165, 1.54) is 32.4 Å². The predicted molar refractivity (Wildman–Crippen MR) is 78.9 cm³/mol. The fraction of sp³-hybridized carbons (Fsp3) is 1.00. The molecule has 1 atom stereocenters. The Bertz CT molecular complexity index is 303. The Morgan fingerprint density at radius 2 is 1.63 bits per heavy atom. The first-order valence-corrected chi connectivity index (χ1v) is 8.72. The maximum absolute atomic E-state index is 5.67. The highest BCUT2D eigenvalue weighted by atomic mass is 15.2. The molecule has 4 aliphatic carbocycles. The Balaban J connectivity index is 1.45. The Morgan fingerprint density at radius 1 is 1.00 bits per heavy atom. The molecule has 5 fully saturated rings. The van der Waals surface area contributed by atoms with Gasteiger partial charge in [0.1, 0.15) is 0 Å². The molecule has 4 saturated carbocycles. The second-order valence-corrected chi connectivity index (χ2v) is 8.17. The Hall–Kier alpha value is -0.0800. The third-order valence-electron chi connectivity index (χ3n) is 6.78. The maximum atomic E-state index is 5.67. The van der Waals surface area contributed by atoms with Crippen LogP contribution in [0.15, 0.2) is 0 Å². The number of likely N-dealkylation sites (tertiary alicyclic amines) is 1. The molecule has 1 heterocycles. The second kappa shape index (κ2) is 4.73. The van der Waals surface area contributed by atoms with E-state index in [0.717, 1.165) is 30.2 Å². The standard InChI is InChI=1S/C17H30N2/c18-4-1-2-13-3-5-19(12-13)17-9-14-6-15(10-17)8-16(7-14)11-17/h13-16H,1-12,18H2. The van der Waals surface area contributed by atoms with Gasteiger partial charge in [-0.1, -0.05) is 0 Å². The fourth-order valence-corrected chi connectivity index (χ4v) is 6.36. The molecule has 1 unspecified atom stereocenters. The van der Waals surface area contributed by atoms with Crippen molar-refractivity contribution in [3.05, 3.63) is 0 Å². The van der Waals surface area contributed by atoms with Crippen LogP contribution in [0.1, 0.15) is 57.8 Å². The average molecular weight is 262 g/mol. The Labute approximate surface area is 118 Å². The van der Waals surface area contributed by atoms with Crippen LogP contribution in [0.25, 0.3) is 0 Å². The first-order chi connectivity index (χ1) is 9.27. The van der Waals surface area contributed by atoms with Crippen LogP contribution in [0.2, 0.25) is 0 Å². The summed E-state index contributed by atoms with van der Waals surface area (Å²) in [6.07, 6.45) is 13.4. The summed E-state index contributed by atoms with van der Waals surface area (Å²) in [5.41, 5.74) is 6.33. The summed E-state index contributed by atoms with van der Waals surface area (Å²) in [5, 5.41) is 0. The molecule has 1 saturated heterocycles. The largest absolute Gasteiger partial charge is 0.330 e. The van der Waals surface area contributed by atoms with Gasteiger partial charge in [-0.15, -0.1) is 0 Å². The average Bonchev–Trinajstić information content (AvgIpc) is 2.84. The molecule has 5 aliphatic rings. The van der Waals surface area contributed by atoms with Crippen molar-refractivity contribution in [2.75, 3.05) is 19.6 Å². The van der Waals surface area contributed by atoms with E-state index in [1.54, 1.807) is 38.5 Å². The van der Waals surface area contributed by atoms with Crippen LogP contribution in [0.5, 0.6) is 0 Å². The van der Waals surface area contributed by atoms with Crippen molar-refractivity contribution in [1.29, 1.82) is 0 Å². The highest BCUT2D eigenvalue weighted by molar-refractivity contribution is 5.08. The monoisotopic (exact) mass is 262 g/mol. The van der Waals surface area contributed by atoms with Crippen molar-refractivity contribution >= 4 is 0 Å². The summed E-state index contributed by atoms with van der Waals surface area (Å²) in [6, 6.07) is 0. The van der Waals surface area contributed by atoms with E-state index in [9.17, 15) is 0 Å². The molecule has 5 rings (SSSR count). The predicted octanol–water partition coefficient (Wildman–Crippen LogP) is 3.02. The lowest BCUT2D eigenvalue weighted by atomic mass is 9.52.